The smallest absolute Gasteiger partial charge is 0.261 e. The van der Waals surface area contributed by atoms with Gasteiger partial charge in [-0.15, -0.1) is 0 Å². The fraction of sp³-hybridized carbons (Fsp3) is 0.300. The van der Waals surface area contributed by atoms with Gasteiger partial charge in [-0.05, 0) is 68.5 Å². The average Bonchev–Trinajstić information content (AvgIpc) is 2.68. The van der Waals surface area contributed by atoms with Gasteiger partial charge >= 0.3 is 0 Å². The first kappa shape index (κ1) is 25.2. The SMILES string of the molecule is COCCOc1ccc(Br)cc1C(=O)NC(=S)Nc1ccc(S(=O)(=O)NC(C)C)cc1. The molecule has 0 aliphatic heterocycles. The number of carbonyl (C=O) groups excluding carboxylic acids is 1. The number of benzene rings is 2. The second-order valence-electron chi connectivity index (χ2n) is 6.69. The van der Waals surface area contributed by atoms with Crippen LogP contribution in [0.3, 0.4) is 0 Å². The van der Waals surface area contributed by atoms with Crippen LogP contribution >= 0.6 is 28.1 Å². The molecule has 168 valence electrons. The number of anilines is 1. The molecule has 0 fully saturated rings. The van der Waals surface area contributed by atoms with Crippen molar-refractivity contribution < 1.29 is 22.7 Å². The average molecular weight is 530 g/mol. The zero-order valence-electron chi connectivity index (χ0n) is 17.3. The molecule has 2 aromatic carbocycles. The summed E-state index contributed by atoms with van der Waals surface area (Å²) in [6.45, 7) is 4.17. The van der Waals surface area contributed by atoms with E-state index >= 15 is 0 Å². The van der Waals surface area contributed by atoms with Crippen LogP contribution in [0.25, 0.3) is 0 Å². The largest absolute Gasteiger partial charge is 0.490 e. The van der Waals surface area contributed by atoms with E-state index in [1.807, 2.05) is 0 Å². The first-order valence-corrected chi connectivity index (χ1v) is 12.0. The van der Waals surface area contributed by atoms with Crippen molar-refractivity contribution in [2.75, 3.05) is 25.6 Å². The highest BCUT2D eigenvalue weighted by Crippen LogP contribution is 2.23. The Morgan fingerprint density at radius 1 is 1.13 bits per heavy atom. The molecule has 0 aromatic heterocycles. The predicted octanol–water partition coefficient (Wildman–Crippen LogP) is 3.29. The van der Waals surface area contributed by atoms with E-state index in [0.29, 0.717) is 34.7 Å². The van der Waals surface area contributed by atoms with Gasteiger partial charge in [0.1, 0.15) is 12.4 Å². The third kappa shape index (κ3) is 7.86. The highest BCUT2D eigenvalue weighted by molar-refractivity contribution is 9.10. The van der Waals surface area contributed by atoms with Gasteiger partial charge in [0.05, 0.1) is 17.1 Å². The number of ether oxygens (including phenoxy) is 2. The predicted molar refractivity (Wildman–Crippen MR) is 127 cm³/mol. The maximum Gasteiger partial charge on any atom is 0.261 e. The minimum absolute atomic E-state index is 0.0590. The Morgan fingerprint density at radius 3 is 2.42 bits per heavy atom. The summed E-state index contributed by atoms with van der Waals surface area (Å²) >= 11 is 8.55. The Kier molecular flexibility index (Phi) is 9.38. The van der Waals surface area contributed by atoms with Crippen LogP contribution in [-0.4, -0.2) is 45.8 Å². The molecule has 2 rings (SSSR count). The fourth-order valence-corrected chi connectivity index (χ4v) is 4.29. The molecule has 31 heavy (non-hydrogen) atoms. The molecular formula is C20H24BrN3O5S2. The number of amides is 1. The molecule has 0 aliphatic carbocycles. The van der Waals surface area contributed by atoms with Gasteiger partial charge in [-0.25, -0.2) is 13.1 Å². The second kappa shape index (κ2) is 11.5. The second-order valence-corrected chi connectivity index (χ2v) is 9.73. The van der Waals surface area contributed by atoms with Crippen LogP contribution in [0.15, 0.2) is 51.8 Å². The molecule has 2 aromatic rings. The number of carbonyl (C=O) groups is 1. The van der Waals surface area contributed by atoms with Crippen LogP contribution in [-0.2, 0) is 14.8 Å². The van der Waals surface area contributed by atoms with E-state index in [1.54, 1.807) is 51.3 Å². The summed E-state index contributed by atoms with van der Waals surface area (Å²) < 4.78 is 38.2. The minimum Gasteiger partial charge on any atom is -0.490 e. The summed E-state index contributed by atoms with van der Waals surface area (Å²) in [6, 6.07) is 10.9. The Labute approximate surface area is 195 Å². The van der Waals surface area contributed by atoms with Crippen LogP contribution < -0.4 is 20.1 Å². The third-order valence-corrected chi connectivity index (χ3v) is 6.14. The van der Waals surface area contributed by atoms with Crippen LogP contribution in [0.2, 0.25) is 0 Å². The van der Waals surface area contributed by atoms with E-state index in [2.05, 4.69) is 31.3 Å². The van der Waals surface area contributed by atoms with Crippen molar-refractivity contribution >= 4 is 54.9 Å². The summed E-state index contributed by atoms with van der Waals surface area (Å²) in [4.78, 5) is 12.8. The summed E-state index contributed by atoms with van der Waals surface area (Å²) in [5.41, 5.74) is 0.829. The van der Waals surface area contributed by atoms with E-state index in [9.17, 15) is 13.2 Å². The van der Waals surface area contributed by atoms with Crippen molar-refractivity contribution in [2.45, 2.75) is 24.8 Å². The molecule has 11 heteroatoms. The quantitative estimate of drug-likeness (QED) is 0.338. The number of nitrogens with one attached hydrogen (secondary N) is 3. The van der Waals surface area contributed by atoms with Gasteiger partial charge in [-0.3, -0.25) is 10.1 Å². The Morgan fingerprint density at radius 2 is 1.81 bits per heavy atom. The summed E-state index contributed by atoms with van der Waals surface area (Å²) in [5, 5.41) is 5.51. The van der Waals surface area contributed by atoms with Crippen molar-refractivity contribution in [2.24, 2.45) is 0 Å². The number of methoxy groups -OCH3 is 1. The molecular weight excluding hydrogens is 506 g/mol. The van der Waals surface area contributed by atoms with E-state index < -0.39 is 15.9 Å². The number of hydrogen-bond acceptors (Lipinski definition) is 6. The lowest BCUT2D eigenvalue weighted by Gasteiger charge is -2.14. The van der Waals surface area contributed by atoms with Crippen molar-refractivity contribution in [3.8, 4) is 5.75 Å². The highest BCUT2D eigenvalue weighted by Gasteiger charge is 2.17. The zero-order valence-corrected chi connectivity index (χ0v) is 20.5. The van der Waals surface area contributed by atoms with E-state index in [4.69, 9.17) is 21.7 Å². The van der Waals surface area contributed by atoms with Crippen molar-refractivity contribution in [3.63, 3.8) is 0 Å². The number of thiocarbonyl (C=S) groups is 1. The Hall–Kier alpha value is -2.05. The zero-order chi connectivity index (χ0) is 23.0. The topological polar surface area (TPSA) is 106 Å². The minimum atomic E-state index is -3.59. The van der Waals surface area contributed by atoms with Crippen LogP contribution in [0.1, 0.15) is 24.2 Å². The molecule has 0 atom stereocenters. The third-order valence-electron chi connectivity index (χ3n) is 3.77. The molecule has 0 radical (unpaired) electrons. The highest BCUT2D eigenvalue weighted by atomic mass is 79.9. The van der Waals surface area contributed by atoms with E-state index in [0.717, 1.165) is 0 Å². The maximum atomic E-state index is 12.7. The first-order valence-electron chi connectivity index (χ1n) is 9.28. The molecule has 0 saturated heterocycles. The maximum absolute atomic E-state index is 12.7. The van der Waals surface area contributed by atoms with Gasteiger partial charge < -0.3 is 14.8 Å². The van der Waals surface area contributed by atoms with Crippen molar-refractivity contribution in [1.29, 1.82) is 0 Å². The summed E-state index contributed by atoms with van der Waals surface area (Å²) in [6.07, 6.45) is 0. The number of rotatable bonds is 9. The molecule has 1 amide bonds. The standard InChI is InChI=1S/C20H24BrN3O5S2/c1-13(2)24-31(26,27)16-7-5-15(6-8-16)22-20(30)23-19(25)17-12-14(21)4-9-18(17)29-11-10-28-3/h4-9,12-13,24H,10-11H2,1-3H3,(H2,22,23,25,30). The fourth-order valence-electron chi connectivity index (χ4n) is 2.47. The van der Waals surface area contributed by atoms with Gasteiger partial charge in [0.15, 0.2) is 5.11 Å². The summed E-state index contributed by atoms with van der Waals surface area (Å²) in [5.74, 6) is -0.0562. The molecule has 3 N–H and O–H groups in total. The number of sulfonamides is 1. The van der Waals surface area contributed by atoms with Crippen LogP contribution in [0, 0.1) is 0 Å². The van der Waals surface area contributed by atoms with Crippen LogP contribution in [0.4, 0.5) is 5.69 Å². The normalized spacial score (nSPS) is 11.3. The lowest BCUT2D eigenvalue weighted by Crippen LogP contribution is -2.34. The van der Waals surface area contributed by atoms with E-state index in [1.165, 1.54) is 12.1 Å². The number of hydrogen-bond donors (Lipinski definition) is 3. The lowest BCUT2D eigenvalue weighted by molar-refractivity contribution is 0.0969. The Bertz CT molecular complexity index is 1030. The first-order chi connectivity index (χ1) is 14.6. The van der Waals surface area contributed by atoms with Gasteiger partial charge in [0.2, 0.25) is 10.0 Å². The molecule has 0 saturated carbocycles. The monoisotopic (exact) mass is 529 g/mol. The molecule has 0 aliphatic rings. The van der Waals surface area contributed by atoms with Crippen LogP contribution in [0.5, 0.6) is 5.75 Å². The van der Waals surface area contributed by atoms with Crippen molar-refractivity contribution in [3.05, 3.63) is 52.5 Å². The molecule has 8 nitrogen and oxygen atoms in total. The molecule has 0 bridgehead atoms. The van der Waals surface area contributed by atoms with Gasteiger partial charge in [0.25, 0.3) is 5.91 Å². The van der Waals surface area contributed by atoms with Gasteiger partial charge in [0, 0.05) is 23.3 Å². The van der Waals surface area contributed by atoms with E-state index in [-0.39, 0.29) is 16.0 Å². The lowest BCUT2D eigenvalue weighted by atomic mass is 10.2. The molecule has 0 spiro atoms. The van der Waals surface area contributed by atoms with Crippen molar-refractivity contribution in [1.82, 2.24) is 10.0 Å². The van der Waals surface area contributed by atoms with Gasteiger partial charge in [-0.1, -0.05) is 15.9 Å². The number of halogens is 1. The molecule has 0 heterocycles. The summed E-state index contributed by atoms with van der Waals surface area (Å²) in [7, 11) is -2.03. The molecule has 0 unspecified atom stereocenters. The van der Waals surface area contributed by atoms with Gasteiger partial charge in [-0.2, -0.15) is 0 Å². The Balaban J connectivity index is 2.04.